The van der Waals surface area contributed by atoms with E-state index in [2.05, 4.69) is 0 Å². The standard InChI is InChI=1S/C10H11FO2/c1-7-4-8(2-3-10(7)11)12-5-9-6-13-9/h2-4,9H,5-6H2,1H3/t9-/m1/s1. The highest BCUT2D eigenvalue weighted by atomic mass is 19.1. The molecule has 0 aliphatic carbocycles. The summed E-state index contributed by atoms with van der Waals surface area (Å²) in [6.45, 7) is 3.06. The zero-order valence-electron chi connectivity index (χ0n) is 7.42. The van der Waals surface area contributed by atoms with Crippen LogP contribution in [0.1, 0.15) is 5.56 Å². The second-order valence-corrected chi connectivity index (χ2v) is 3.18. The van der Waals surface area contributed by atoms with Gasteiger partial charge in [0.05, 0.1) is 6.61 Å². The monoisotopic (exact) mass is 182 g/mol. The molecule has 1 saturated heterocycles. The maximum atomic E-state index is 12.8. The molecule has 1 fully saturated rings. The molecule has 0 amide bonds. The summed E-state index contributed by atoms with van der Waals surface area (Å²) in [5, 5.41) is 0. The Morgan fingerprint density at radius 2 is 2.38 bits per heavy atom. The lowest BCUT2D eigenvalue weighted by Gasteiger charge is -2.04. The first-order valence-corrected chi connectivity index (χ1v) is 4.26. The molecule has 2 rings (SSSR count). The van der Waals surface area contributed by atoms with Gasteiger partial charge < -0.3 is 9.47 Å². The van der Waals surface area contributed by atoms with Gasteiger partial charge in [-0.1, -0.05) is 0 Å². The van der Waals surface area contributed by atoms with Gasteiger partial charge in [0.15, 0.2) is 0 Å². The van der Waals surface area contributed by atoms with Crippen LogP contribution in [0.4, 0.5) is 4.39 Å². The Morgan fingerprint density at radius 3 is 3.00 bits per heavy atom. The third-order valence-corrected chi connectivity index (χ3v) is 1.97. The number of halogens is 1. The topological polar surface area (TPSA) is 21.8 Å². The average Bonchev–Trinajstić information content (AvgIpc) is 2.91. The van der Waals surface area contributed by atoms with E-state index < -0.39 is 0 Å². The second-order valence-electron chi connectivity index (χ2n) is 3.18. The molecule has 1 atom stereocenters. The first-order valence-electron chi connectivity index (χ1n) is 4.26. The van der Waals surface area contributed by atoms with Crippen molar-refractivity contribution in [1.82, 2.24) is 0 Å². The summed E-state index contributed by atoms with van der Waals surface area (Å²) in [4.78, 5) is 0. The number of rotatable bonds is 3. The van der Waals surface area contributed by atoms with Gasteiger partial charge >= 0.3 is 0 Å². The normalized spacial score (nSPS) is 20.0. The summed E-state index contributed by atoms with van der Waals surface area (Å²) in [6, 6.07) is 4.74. The number of hydrogen-bond acceptors (Lipinski definition) is 2. The highest BCUT2D eigenvalue weighted by Crippen LogP contribution is 2.18. The maximum Gasteiger partial charge on any atom is 0.126 e. The van der Waals surface area contributed by atoms with Crippen LogP contribution in [-0.2, 0) is 4.74 Å². The van der Waals surface area contributed by atoms with Crippen molar-refractivity contribution in [2.75, 3.05) is 13.2 Å². The van der Waals surface area contributed by atoms with Crippen molar-refractivity contribution in [3.8, 4) is 5.75 Å². The van der Waals surface area contributed by atoms with Gasteiger partial charge in [0.2, 0.25) is 0 Å². The lowest BCUT2D eigenvalue weighted by Crippen LogP contribution is -2.04. The van der Waals surface area contributed by atoms with E-state index in [1.807, 2.05) is 0 Å². The van der Waals surface area contributed by atoms with Crippen LogP contribution in [0, 0.1) is 12.7 Å². The van der Waals surface area contributed by atoms with Crippen molar-refractivity contribution in [3.63, 3.8) is 0 Å². The Morgan fingerprint density at radius 1 is 1.62 bits per heavy atom. The van der Waals surface area contributed by atoms with Crippen LogP contribution >= 0.6 is 0 Å². The largest absolute Gasteiger partial charge is 0.491 e. The van der Waals surface area contributed by atoms with Gasteiger partial charge in [-0.25, -0.2) is 4.39 Å². The van der Waals surface area contributed by atoms with E-state index in [9.17, 15) is 4.39 Å². The molecular weight excluding hydrogens is 171 g/mol. The first kappa shape index (κ1) is 8.51. The van der Waals surface area contributed by atoms with Crippen LogP contribution in [0.15, 0.2) is 18.2 Å². The molecule has 0 bridgehead atoms. The van der Waals surface area contributed by atoms with E-state index >= 15 is 0 Å². The Hall–Kier alpha value is -1.09. The molecule has 1 aromatic rings. The van der Waals surface area contributed by atoms with Crippen LogP contribution in [0.3, 0.4) is 0 Å². The van der Waals surface area contributed by atoms with Crippen LogP contribution in [-0.4, -0.2) is 19.3 Å². The molecular formula is C10H11FO2. The summed E-state index contributed by atoms with van der Waals surface area (Å²) in [5.74, 6) is 0.504. The molecule has 1 heterocycles. The Bertz CT molecular complexity index is 308. The van der Waals surface area contributed by atoms with Crippen molar-refractivity contribution < 1.29 is 13.9 Å². The van der Waals surface area contributed by atoms with E-state index in [1.165, 1.54) is 6.07 Å². The fourth-order valence-electron chi connectivity index (χ4n) is 1.06. The smallest absolute Gasteiger partial charge is 0.126 e. The van der Waals surface area contributed by atoms with Gasteiger partial charge in [-0.15, -0.1) is 0 Å². The minimum atomic E-state index is -0.199. The summed E-state index contributed by atoms with van der Waals surface area (Å²) in [5.41, 5.74) is 0.606. The molecule has 1 aromatic carbocycles. The molecule has 0 radical (unpaired) electrons. The first-order chi connectivity index (χ1) is 6.25. The Labute approximate surface area is 76.3 Å². The van der Waals surface area contributed by atoms with E-state index in [-0.39, 0.29) is 11.9 Å². The van der Waals surface area contributed by atoms with Gasteiger partial charge in [-0.2, -0.15) is 0 Å². The molecule has 0 saturated carbocycles. The highest BCUT2D eigenvalue weighted by molar-refractivity contribution is 5.28. The van der Waals surface area contributed by atoms with Gasteiger partial charge in [0.25, 0.3) is 0 Å². The number of epoxide rings is 1. The third-order valence-electron chi connectivity index (χ3n) is 1.97. The van der Waals surface area contributed by atoms with Gasteiger partial charge in [-0.05, 0) is 30.7 Å². The zero-order chi connectivity index (χ0) is 9.26. The van der Waals surface area contributed by atoms with E-state index in [0.29, 0.717) is 17.9 Å². The lowest BCUT2D eigenvalue weighted by atomic mass is 10.2. The molecule has 0 unspecified atom stereocenters. The molecule has 70 valence electrons. The molecule has 1 aliphatic rings. The predicted octanol–water partition coefficient (Wildman–Crippen LogP) is 1.91. The van der Waals surface area contributed by atoms with Gasteiger partial charge in [-0.3, -0.25) is 0 Å². The summed E-state index contributed by atoms with van der Waals surface area (Å²) < 4.78 is 23.2. The van der Waals surface area contributed by atoms with E-state index in [0.717, 1.165) is 6.61 Å². The Balaban J connectivity index is 1.98. The highest BCUT2D eigenvalue weighted by Gasteiger charge is 2.22. The van der Waals surface area contributed by atoms with Crippen LogP contribution < -0.4 is 4.74 Å². The van der Waals surface area contributed by atoms with Crippen LogP contribution in [0.2, 0.25) is 0 Å². The quantitative estimate of drug-likeness (QED) is 0.666. The second kappa shape index (κ2) is 3.34. The maximum absolute atomic E-state index is 12.8. The van der Waals surface area contributed by atoms with Crippen molar-refractivity contribution in [3.05, 3.63) is 29.6 Å². The van der Waals surface area contributed by atoms with Crippen molar-refractivity contribution in [2.45, 2.75) is 13.0 Å². The minimum absolute atomic E-state index is 0.199. The fourth-order valence-corrected chi connectivity index (χ4v) is 1.06. The summed E-state index contributed by atoms with van der Waals surface area (Å²) in [7, 11) is 0. The van der Waals surface area contributed by atoms with Crippen LogP contribution in [0.25, 0.3) is 0 Å². The van der Waals surface area contributed by atoms with Gasteiger partial charge in [0, 0.05) is 0 Å². The molecule has 0 spiro atoms. The summed E-state index contributed by atoms with van der Waals surface area (Å²) in [6.07, 6.45) is 0.241. The molecule has 0 aromatic heterocycles. The number of aryl methyl sites for hydroxylation is 1. The molecule has 13 heavy (non-hydrogen) atoms. The van der Waals surface area contributed by atoms with Crippen LogP contribution in [0.5, 0.6) is 5.75 Å². The zero-order valence-corrected chi connectivity index (χ0v) is 7.42. The van der Waals surface area contributed by atoms with Crippen molar-refractivity contribution in [1.29, 1.82) is 0 Å². The molecule has 3 heteroatoms. The van der Waals surface area contributed by atoms with E-state index in [1.54, 1.807) is 19.1 Å². The fraction of sp³-hybridized carbons (Fsp3) is 0.400. The molecule has 1 aliphatic heterocycles. The SMILES string of the molecule is Cc1cc(OC[C@@H]2CO2)ccc1F. The summed E-state index contributed by atoms with van der Waals surface area (Å²) >= 11 is 0. The average molecular weight is 182 g/mol. The van der Waals surface area contributed by atoms with Crippen molar-refractivity contribution >= 4 is 0 Å². The van der Waals surface area contributed by atoms with Gasteiger partial charge in [0.1, 0.15) is 24.3 Å². The minimum Gasteiger partial charge on any atom is -0.491 e. The van der Waals surface area contributed by atoms with Crippen molar-refractivity contribution in [2.24, 2.45) is 0 Å². The Kier molecular flexibility index (Phi) is 2.19. The van der Waals surface area contributed by atoms with E-state index in [4.69, 9.17) is 9.47 Å². The number of hydrogen-bond donors (Lipinski definition) is 0. The third kappa shape index (κ3) is 2.18. The lowest BCUT2D eigenvalue weighted by molar-refractivity contribution is 0.262. The molecule has 2 nitrogen and oxygen atoms in total. The predicted molar refractivity (Wildman–Crippen MR) is 46.4 cm³/mol. The number of benzene rings is 1. The molecule has 0 N–H and O–H groups in total. The number of ether oxygens (including phenoxy) is 2.